The minimum Gasteiger partial charge on any atom is -0.309 e. The Hall–Kier alpha value is -0.530. The molecule has 2 rings (SSSR count). The molecular formula is C15H20IN3S. The fourth-order valence-electron chi connectivity index (χ4n) is 2.21. The lowest BCUT2D eigenvalue weighted by molar-refractivity contribution is 0.549. The lowest BCUT2D eigenvalue weighted by Crippen LogP contribution is -2.23. The van der Waals surface area contributed by atoms with Crippen LogP contribution in [0.15, 0.2) is 24.3 Å². The van der Waals surface area contributed by atoms with Gasteiger partial charge in [0.15, 0.2) is 0 Å². The summed E-state index contributed by atoms with van der Waals surface area (Å²) >= 11 is 3.86. The summed E-state index contributed by atoms with van der Waals surface area (Å²) in [5.74, 6) is 0.418. The van der Waals surface area contributed by atoms with Gasteiger partial charge in [-0.15, -0.1) is 5.10 Å². The molecule has 5 heteroatoms. The third-order valence-electron chi connectivity index (χ3n) is 3.21. The molecule has 0 saturated carbocycles. The second-order valence-corrected chi connectivity index (χ2v) is 7.15. The highest BCUT2D eigenvalue weighted by Gasteiger charge is 2.20. The Morgan fingerprint density at radius 1 is 1.25 bits per heavy atom. The Morgan fingerprint density at radius 3 is 2.55 bits per heavy atom. The first kappa shape index (κ1) is 15.9. The van der Waals surface area contributed by atoms with Crippen molar-refractivity contribution >= 4 is 34.1 Å². The molecule has 20 heavy (non-hydrogen) atoms. The third-order valence-corrected chi connectivity index (χ3v) is 4.78. The van der Waals surface area contributed by atoms with Crippen LogP contribution < -0.4 is 5.32 Å². The highest BCUT2D eigenvalue weighted by Crippen LogP contribution is 2.28. The molecule has 2 aromatic rings. The van der Waals surface area contributed by atoms with Gasteiger partial charge in [0.1, 0.15) is 0 Å². The van der Waals surface area contributed by atoms with Crippen LogP contribution in [0.1, 0.15) is 48.9 Å². The summed E-state index contributed by atoms with van der Waals surface area (Å²) in [6, 6.07) is 9.03. The largest absolute Gasteiger partial charge is 0.309 e. The minimum atomic E-state index is 0.303. The number of hydrogen-bond acceptors (Lipinski definition) is 4. The van der Waals surface area contributed by atoms with E-state index in [1.165, 1.54) is 25.5 Å². The predicted molar refractivity (Wildman–Crippen MR) is 93.3 cm³/mol. The molecule has 0 aliphatic rings. The van der Waals surface area contributed by atoms with Crippen molar-refractivity contribution in [3.05, 3.63) is 44.0 Å². The van der Waals surface area contributed by atoms with Crippen LogP contribution in [0.3, 0.4) is 0 Å². The summed E-state index contributed by atoms with van der Waals surface area (Å²) in [6.07, 6.45) is 0.981. The van der Waals surface area contributed by atoms with Crippen LogP contribution in [0.4, 0.5) is 0 Å². The normalized spacial score (nSPS) is 12.8. The van der Waals surface area contributed by atoms with Gasteiger partial charge < -0.3 is 5.32 Å². The summed E-state index contributed by atoms with van der Waals surface area (Å²) < 4.78 is 5.42. The summed E-state index contributed by atoms with van der Waals surface area (Å²) in [6.45, 7) is 7.44. The smallest absolute Gasteiger partial charge is 0.0829 e. The Labute approximate surface area is 138 Å². The molecule has 0 bridgehead atoms. The lowest BCUT2D eigenvalue weighted by Gasteiger charge is -2.18. The lowest BCUT2D eigenvalue weighted by atomic mass is 10.00. The summed E-state index contributed by atoms with van der Waals surface area (Å²) in [5.41, 5.74) is 2.48. The molecule has 1 heterocycles. The van der Waals surface area contributed by atoms with Gasteiger partial charge in [-0.25, -0.2) is 0 Å². The summed E-state index contributed by atoms with van der Waals surface area (Å²) in [4.78, 5) is 1.28. The molecule has 0 fully saturated rings. The van der Waals surface area contributed by atoms with Gasteiger partial charge >= 0.3 is 0 Å². The van der Waals surface area contributed by atoms with Crippen molar-refractivity contribution < 1.29 is 0 Å². The molecule has 0 radical (unpaired) electrons. The number of nitrogens with zero attached hydrogens (tertiary/aromatic N) is 2. The average molecular weight is 401 g/mol. The van der Waals surface area contributed by atoms with Gasteiger partial charge in [-0.3, -0.25) is 0 Å². The molecule has 1 aromatic heterocycles. The summed E-state index contributed by atoms with van der Waals surface area (Å²) in [5, 5.41) is 7.87. The standard InChI is InChI=1S/C15H20IN3S/c1-4-17-13(9-11-5-7-12(16)8-6-11)15-14(10(2)3)18-19-20-15/h5-8,10,13,17H,4,9H2,1-3H3. The molecule has 0 spiro atoms. The maximum atomic E-state index is 4.30. The molecule has 1 aromatic carbocycles. The van der Waals surface area contributed by atoms with Crippen molar-refractivity contribution in [2.24, 2.45) is 0 Å². The molecule has 0 amide bonds. The number of benzene rings is 1. The van der Waals surface area contributed by atoms with Crippen LogP contribution in [0.2, 0.25) is 0 Å². The van der Waals surface area contributed by atoms with E-state index >= 15 is 0 Å². The quantitative estimate of drug-likeness (QED) is 0.739. The number of nitrogens with one attached hydrogen (secondary N) is 1. The zero-order chi connectivity index (χ0) is 14.5. The van der Waals surface area contributed by atoms with E-state index in [1.807, 2.05) is 0 Å². The topological polar surface area (TPSA) is 37.8 Å². The van der Waals surface area contributed by atoms with Crippen molar-refractivity contribution in [1.29, 1.82) is 0 Å². The van der Waals surface area contributed by atoms with Crippen LogP contribution in [0.5, 0.6) is 0 Å². The van der Waals surface area contributed by atoms with Crippen LogP contribution in [0.25, 0.3) is 0 Å². The van der Waals surface area contributed by atoms with E-state index in [0.717, 1.165) is 18.7 Å². The zero-order valence-corrected chi connectivity index (χ0v) is 15.0. The van der Waals surface area contributed by atoms with E-state index in [4.69, 9.17) is 0 Å². The molecule has 0 aliphatic carbocycles. The Kier molecular flexibility index (Phi) is 5.92. The third kappa shape index (κ3) is 3.99. The number of aromatic nitrogens is 2. The number of hydrogen-bond donors (Lipinski definition) is 1. The molecule has 1 atom stereocenters. The molecular weight excluding hydrogens is 381 g/mol. The fraction of sp³-hybridized carbons (Fsp3) is 0.467. The first-order valence-electron chi connectivity index (χ1n) is 6.91. The second kappa shape index (κ2) is 7.47. The van der Waals surface area contributed by atoms with Crippen LogP contribution in [-0.2, 0) is 6.42 Å². The van der Waals surface area contributed by atoms with E-state index < -0.39 is 0 Å². The molecule has 3 nitrogen and oxygen atoms in total. The fourth-order valence-corrected chi connectivity index (χ4v) is 3.45. The number of halogens is 1. The van der Waals surface area contributed by atoms with Gasteiger partial charge in [0.2, 0.25) is 0 Å². The van der Waals surface area contributed by atoms with Gasteiger partial charge in [-0.1, -0.05) is 37.4 Å². The minimum absolute atomic E-state index is 0.303. The monoisotopic (exact) mass is 401 g/mol. The van der Waals surface area contributed by atoms with E-state index in [-0.39, 0.29) is 0 Å². The van der Waals surface area contributed by atoms with Crippen molar-refractivity contribution in [2.75, 3.05) is 6.54 Å². The predicted octanol–water partition coefficient (Wildman–Crippen LogP) is 4.16. The van der Waals surface area contributed by atoms with Crippen LogP contribution in [0, 0.1) is 3.57 Å². The average Bonchev–Trinajstić information content (AvgIpc) is 2.90. The first-order chi connectivity index (χ1) is 9.61. The molecule has 0 saturated heterocycles. The van der Waals surface area contributed by atoms with Crippen LogP contribution in [-0.4, -0.2) is 16.1 Å². The second-order valence-electron chi connectivity index (χ2n) is 5.12. The van der Waals surface area contributed by atoms with E-state index in [2.05, 4.69) is 82.5 Å². The molecule has 1 unspecified atom stereocenters. The van der Waals surface area contributed by atoms with E-state index in [9.17, 15) is 0 Å². The van der Waals surface area contributed by atoms with Crippen molar-refractivity contribution in [1.82, 2.24) is 14.9 Å². The maximum absolute atomic E-state index is 4.30. The highest BCUT2D eigenvalue weighted by molar-refractivity contribution is 14.1. The molecule has 108 valence electrons. The Bertz CT molecular complexity index is 536. The van der Waals surface area contributed by atoms with E-state index in [1.54, 1.807) is 0 Å². The first-order valence-corrected chi connectivity index (χ1v) is 8.77. The van der Waals surface area contributed by atoms with Gasteiger partial charge in [0.05, 0.1) is 10.6 Å². The molecule has 0 aliphatic heterocycles. The number of likely N-dealkylation sites (N-methyl/N-ethyl adjacent to an activating group) is 1. The van der Waals surface area contributed by atoms with E-state index in [0.29, 0.717) is 12.0 Å². The van der Waals surface area contributed by atoms with Gasteiger partial charge in [0, 0.05) is 9.61 Å². The van der Waals surface area contributed by atoms with Gasteiger partial charge in [-0.05, 0) is 70.7 Å². The van der Waals surface area contributed by atoms with Crippen molar-refractivity contribution in [3.63, 3.8) is 0 Å². The van der Waals surface area contributed by atoms with Crippen molar-refractivity contribution in [2.45, 2.75) is 39.2 Å². The molecule has 1 N–H and O–H groups in total. The zero-order valence-electron chi connectivity index (χ0n) is 12.1. The van der Waals surface area contributed by atoms with Crippen LogP contribution >= 0.6 is 34.1 Å². The summed E-state index contributed by atoms with van der Waals surface area (Å²) in [7, 11) is 0. The maximum Gasteiger partial charge on any atom is 0.0829 e. The Morgan fingerprint density at radius 2 is 1.95 bits per heavy atom. The SMILES string of the molecule is CCNC(Cc1ccc(I)cc1)c1snnc1C(C)C. The van der Waals surface area contributed by atoms with Gasteiger partial charge in [0.25, 0.3) is 0 Å². The Balaban J connectivity index is 2.22. The number of rotatable bonds is 6. The highest BCUT2D eigenvalue weighted by atomic mass is 127. The van der Waals surface area contributed by atoms with Crippen molar-refractivity contribution in [3.8, 4) is 0 Å². The van der Waals surface area contributed by atoms with Gasteiger partial charge in [-0.2, -0.15) is 0 Å².